The summed E-state index contributed by atoms with van der Waals surface area (Å²) in [5.74, 6) is 1.14. The van der Waals surface area contributed by atoms with Crippen molar-refractivity contribution in [3.63, 3.8) is 0 Å². The maximum atomic E-state index is 13.3. The summed E-state index contributed by atoms with van der Waals surface area (Å²) in [5, 5.41) is 0. The van der Waals surface area contributed by atoms with Crippen molar-refractivity contribution >= 4 is 11.9 Å². The van der Waals surface area contributed by atoms with E-state index in [-0.39, 0.29) is 11.9 Å². The van der Waals surface area contributed by atoms with Crippen molar-refractivity contribution in [2.24, 2.45) is 11.8 Å². The van der Waals surface area contributed by atoms with Crippen LogP contribution in [0.5, 0.6) is 0 Å². The lowest BCUT2D eigenvalue weighted by Crippen LogP contribution is -2.46. The summed E-state index contributed by atoms with van der Waals surface area (Å²) >= 11 is 0. The van der Waals surface area contributed by atoms with Gasteiger partial charge in [0.15, 0.2) is 0 Å². The van der Waals surface area contributed by atoms with E-state index >= 15 is 0 Å². The van der Waals surface area contributed by atoms with E-state index < -0.39 is 0 Å². The Morgan fingerprint density at radius 3 is 2.27 bits per heavy atom. The molecule has 0 N–H and O–H groups in total. The van der Waals surface area contributed by atoms with Crippen LogP contribution in [0, 0.1) is 11.8 Å². The van der Waals surface area contributed by atoms with Gasteiger partial charge in [0, 0.05) is 18.5 Å². The third kappa shape index (κ3) is 6.59. The van der Waals surface area contributed by atoms with E-state index in [4.69, 9.17) is 4.74 Å². The number of unbranched alkanes of at least 4 members (excludes halogenated alkanes) is 1. The number of hydrogen-bond acceptors (Lipinski definition) is 3. The smallest absolute Gasteiger partial charge is 0.307 e. The van der Waals surface area contributed by atoms with Crippen LogP contribution in [0.25, 0.3) is 0 Å². The van der Waals surface area contributed by atoms with Crippen LogP contribution in [0.4, 0.5) is 0 Å². The van der Waals surface area contributed by atoms with Gasteiger partial charge < -0.3 is 9.64 Å². The largest absolute Gasteiger partial charge is 0.466 e. The van der Waals surface area contributed by atoms with Crippen LogP contribution < -0.4 is 0 Å². The second kappa shape index (κ2) is 11.6. The first-order chi connectivity index (χ1) is 12.7. The molecule has 0 aromatic heterocycles. The van der Waals surface area contributed by atoms with Crippen molar-refractivity contribution in [3.05, 3.63) is 0 Å². The summed E-state index contributed by atoms with van der Waals surface area (Å²) in [7, 11) is 0. The zero-order chi connectivity index (χ0) is 18.8. The van der Waals surface area contributed by atoms with Gasteiger partial charge in [-0.2, -0.15) is 0 Å². The van der Waals surface area contributed by atoms with Gasteiger partial charge in [0.05, 0.1) is 13.0 Å². The van der Waals surface area contributed by atoms with Crippen molar-refractivity contribution in [2.45, 2.75) is 103 Å². The van der Waals surface area contributed by atoms with Crippen LogP contribution in [0.1, 0.15) is 97.3 Å². The lowest BCUT2D eigenvalue weighted by Gasteiger charge is -2.38. The van der Waals surface area contributed by atoms with Gasteiger partial charge in [-0.15, -0.1) is 0 Å². The first-order valence-corrected chi connectivity index (χ1v) is 11.1. The monoisotopic (exact) mass is 365 g/mol. The molecule has 0 aromatic rings. The van der Waals surface area contributed by atoms with Crippen LogP contribution in [-0.2, 0) is 14.3 Å². The molecule has 0 spiro atoms. The van der Waals surface area contributed by atoms with Crippen LogP contribution in [0.2, 0.25) is 0 Å². The van der Waals surface area contributed by atoms with E-state index in [1.807, 2.05) is 6.92 Å². The highest BCUT2D eigenvalue weighted by atomic mass is 16.5. The molecule has 150 valence electrons. The number of esters is 1. The normalized spacial score (nSPS) is 24.2. The number of hydrogen-bond donors (Lipinski definition) is 0. The van der Waals surface area contributed by atoms with Gasteiger partial charge in [0.25, 0.3) is 0 Å². The standard InChI is InChI=1S/C22H39NO3/c1-3-5-9-18-12-14-19(15-13-18)22(25)23(17-16-21(24)26-4-2)20-10-7-6-8-11-20/h18-20H,3-17H2,1-2H3. The quantitative estimate of drug-likeness (QED) is 0.534. The highest BCUT2D eigenvalue weighted by Crippen LogP contribution is 2.34. The molecule has 26 heavy (non-hydrogen) atoms. The van der Waals surface area contributed by atoms with E-state index in [0.29, 0.717) is 31.5 Å². The average molecular weight is 366 g/mol. The van der Waals surface area contributed by atoms with Crippen molar-refractivity contribution in [2.75, 3.05) is 13.2 Å². The number of nitrogens with zero attached hydrogens (tertiary/aromatic N) is 1. The molecule has 2 fully saturated rings. The Morgan fingerprint density at radius 2 is 1.65 bits per heavy atom. The maximum absolute atomic E-state index is 13.3. The predicted molar refractivity (Wildman–Crippen MR) is 105 cm³/mol. The first-order valence-electron chi connectivity index (χ1n) is 11.1. The predicted octanol–water partition coefficient (Wildman–Crippen LogP) is 5.10. The van der Waals surface area contributed by atoms with Gasteiger partial charge in [0.2, 0.25) is 5.91 Å². The molecule has 0 aliphatic heterocycles. The van der Waals surface area contributed by atoms with E-state index in [9.17, 15) is 9.59 Å². The van der Waals surface area contributed by atoms with Crippen LogP contribution in [0.15, 0.2) is 0 Å². The van der Waals surface area contributed by atoms with Crippen molar-refractivity contribution in [3.8, 4) is 0 Å². The molecule has 4 nitrogen and oxygen atoms in total. The highest BCUT2D eigenvalue weighted by molar-refractivity contribution is 5.80. The molecular formula is C22H39NO3. The number of rotatable bonds is 9. The molecule has 0 saturated heterocycles. The van der Waals surface area contributed by atoms with Crippen LogP contribution in [-0.4, -0.2) is 36.0 Å². The summed E-state index contributed by atoms with van der Waals surface area (Å²) in [5.41, 5.74) is 0. The minimum atomic E-state index is -0.176. The van der Waals surface area contributed by atoms with E-state index in [0.717, 1.165) is 31.6 Å². The van der Waals surface area contributed by atoms with Gasteiger partial charge >= 0.3 is 5.97 Å². The highest BCUT2D eigenvalue weighted by Gasteiger charge is 2.33. The molecule has 2 rings (SSSR count). The molecule has 0 heterocycles. The van der Waals surface area contributed by atoms with Crippen molar-refractivity contribution in [1.82, 2.24) is 4.90 Å². The van der Waals surface area contributed by atoms with Gasteiger partial charge in [-0.1, -0.05) is 45.4 Å². The Balaban J connectivity index is 1.90. The molecule has 0 bridgehead atoms. The zero-order valence-electron chi connectivity index (χ0n) is 17.0. The molecule has 4 heteroatoms. The van der Waals surface area contributed by atoms with Gasteiger partial charge in [-0.25, -0.2) is 0 Å². The Hall–Kier alpha value is -1.06. The van der Waals surface area contributed by atoms with Gasteiger partial charge in [-0.3, -0.25) is 9.59 Å². The number of carbonyl (C=O) groups is 2. The third-order valence-corrected chi connectivity index (χ3v) is 6.32. The van der Waals surface area contributed by atoms with E-state index in [1.54, 1.807) is 0 Å². The minimum absolute atomic E-state index is 0.176. The number of ether oxygens (including phenoxy) is 1. The summed E-state index contributed by atoms with van der Waals surface area (Å²) in [6, 6.07) is 0.337. The Morgan fingerprint density at radius 1 is 0.962 bits per heavy atom. The molecule has 0 radical (unpaired) electrons. The molecule has 0 unspecified atom stereocenters. The average Bonchev–Trinajstić information content (AvgIpc) is 2.68. The lowest BCUT2D eigenvalue weighted by atomic mass is 9.79. The topological polar surface area (TPSA) is 46.6 Å². The Labute approximate surface area is 160 Å². The van der Waals surface area contributed by atoms with Crippen molar-refractivity contribution < 1.29 is 14.3 Å². The molecule has 0 atom stereocenters. The molecular weight excluding hydrogens is 326 g/mol. The van der Waals surface area contributed by atoms with Crippen molar-refractivity contribution in [1.29, 1.82) is 0 Å². The van der Waals surface area contributed by atoms with Crippen LogP contribution >= 0.6 is 0 Å². The van der Waals surface area contributed by atoms with Gasteiger partial charge in [0.1, 0.15) is 0 Å². The number of amides is 1. The Kier molecular flexibility index (Phi) is 9.49. The fraction of sp³-hybridized carbons (Fsp3) is 0.909. The first kappa shape index (κ1) is 21.2. The third-order valence-electron chi connectivity index (χ3n) is 6.32. The lowest BCUT2D eigenvalue weighted by molar-refractivity contribution is -0.146. The molecule has 0 aromatic carbocycles. The SMILES string of the molecule is CCCCC1CCC(C(=O)N(CCC(=O)OCC)C2CCCCC2)CC1. The molecule has 2 aliphatic rings. The zero-order valence-corrected chi connectivity index (χ0v) is 17.0. The second-order valence-corrected chi connectivity index (χ2v) is 8.24. The summed E-state index contributed by atoms with van der Waals surface area (Å²) < 4.78 is 5.08. The van der Waals surface area contributed by atoms with E-state index in [1.165, 1.54) is 51.4 Å². The minimum Gasteiger partial charge on any atom is -0.466 e. The summed E-state index contributed by atoms with van der Waals surface area (Å²) in [6.45, 7) is 5.04. The van der Waals surface area contributed by atoms with Crippen LogP contribution in [0.3, 0.4) is 0 Å². The molecule has 2 aliphatic carbocycles. The van der Waals surface area contributed by atoms with Gasteiger partial charge in [-0.05, 0) is 51.4 Å². The summed E-state index contributed by atoms with van der Waals surface area (Å²) in [4.78, 5) is 27.1. The maximum Gasteiger partial charge on any atom is 0.307 e. The Bertz CT molecular complexity index is 423. The fourth-order valence-electron chi connectivity index (χ4n) is 4.74. The molecule has 1 amide bonds. The van der Waals surface area contributed by atoms with E-state index in [2.05, 4.69) is 11.8 Å². The summed E-state index contributed by atoms with van der Waals surface area (Å²) in [6.07, 6.45) is 14.6. The fourth-order valence-corrected chi connectivity index (χ4v) is 4.74. The number of carbonyl (C=O) groups excluding carboxylic acids is 2. The second-order valence-electron chi connectivity index (χ2n) is 8.24. The molecule has 2 saturated carbocycles.